The van der Waals surface area contributed by atoms with Gasteiger partial charge in [-0.05, 0) is 32.3 Å². The third-order valence-electron chi connectivity index (χ3n) is 5.90. The molecule has 29 heavy (non-hydrogen) atoms. The topological polar surface area (TPSA) is 69.9 Å². The summed E-state index contributed by atoms with van der Waals surface area (Å²) in [6, 6.07) is 2.89. The molecular formula is C21H31FN4O3. The minimum Gasteiger partial charge on any atom is -0.366 e. The quantitative estimate of drug-likeness (QED) is 0.564. The predicted octanol–water partition coefficient (Wildman–Crippen LogP) is 3.81. The fourth-order valence-corrected chi connectivity index (χ4v) is 4.24. The van der Waals surface area contributed by atoms with Gasteiger partial charge in [0.25, 0.3) is 5.69 Å². The second kappa shape index (κ2) is 8.16. The van der Waals surface area contributed by atoms with E-state index >= 15 is 0 Å². The van der Waals surface area contributed by atoms with Crippen LogP contribution in [0.1, 0.15) is 47.0 Å². The minimum atomic E-state index is -0.546. The highest BCUT2D eigenvalue weighted by atomic mass is 19.1. The Labute approximate surface area is 171 Å². The third-order valence-corrected chi connectivity index (χ3v) is 5.90. The summed E-state index contributed by atoms with van der Waals surface area (Å²) in [7, 11) is 0. The molecule has 2 aliphatic rings. The zero-order valence-corrected chi connectivity index (χ0v) is 17.8. The summed E-state index contributed by atoms with van der Waals surface area (Å²) in [4.78, 5) is 29.3. The molecule has 0 bridgehead atoms. The van der Waals surface area contributed by atoms with Gasteiger partial charge in [0.15, 0.2) is 5.82 Å². The van der Waals surface area contributed by atoms with Crippen molar-refractivity contribution in [3.05, 3.63) is 28.1 Å². The lowest BCUT2D eigenvalue weighted by Gasteiger charge is -2.39. The van der Waals surface area contributed by atoms with E-state index in [1.807, 2.05) is 30.6 Å². The van der Waals surface area contributed by atoms with E-state index in [2.05, 4.69) is 6.92 Å². The van der Waals surface area contributed by atoms with E-state index in [1.165, 1.54) is 0 Å². The van der Waals surface area contributed by atoms with Crippen molar-refractivity contribution in [2.45, 2.75) is 53.0 Å². The smallest absolute Gasteiger partial charge is 0.295 e. The van der Waals surface area contributed by atoms with E-state index in [-0.39, 0.29) is 17.6 Å². The van der Waals surface area contributed by atoms with E-state index in [9.17, 15) is 19.3 Å². The van der Waals surface area contributed by atoms with Crippen molar-refractivity contribution in [1.29, 1.82) is 0 Å². The van der Waals surface area contributed by atoms with Crippen molar-refractivity contribution in [1.82, 2.24) is 4.90 Å². The Kier molecular flexibility index (Phi) is 6.00. The van der Waals surface area contributed by atoms with Crippen molar-refractivity contribution in [3.8, 4) is 0 Å². The predicted molar refractivity (Wildman–Crippen MR) is 112 cm³/mol. The number of piperazine rings is 1. The van der Waals surface area contributed by atoms with Gasteiger partial charge < -0.3 is 14.7 Å². The highest BCUT2D eigenvalue weighted by Gasteiger charge is 2.33. The fourth-order valence-electron chi connectivity index (χ4n) is 4.24. The molecule has 1 atom stereocenters. The number of piperidine rings is 1. The Balaban J connectivity index is 1.87. The Hall–Kier alpha value is -2.38. The number of nitro groups is 1. The molecule has 1 aromatic rings. The van der Waals surface area contributed by atoms with Gasteiger partial charge in [-0.2, -0.15) is 0 Å². The van der Waals surface area contributed by atoms with Crippen LogP contribution in [0.4, 0.5) is 21.5 Å². The summed E-state index contributed by atoms with van der Waals surface area (Å²) in [5, 5.41) is 11.6. The molecule has 3 rings (SSSR count). The molecule has 1 amide bonds. The highest BCUT2D eigenvalue weighted by molar-refractivity contribution is 5.82. The maximum Gasteiger partial charge on any atom is 0.295 e. The number of nitrogens with zero attached hydrogens (tertiary/aromatic N) is 4. The number of carbonyl (C=O) groups excluding carboxylic acids is 1. The van der Waals surface area contributed by atoms with Crippen LogP contribution < -0.4 is 9.80 Å². The first-order valence-electron chi connectivity index (χ1n) is 10.4. The zero-order chi connectivity index (χ0) is 21.3. The number of benzene rings is 1. The van der Waals surface area contributed by atoms with Crippen LogP contribution in [-0.4, -0.2) is 54.5 Å². The van der Waals surface area contributed by atoms with E-state index in [1.54, 1.807) is 11.0 Å². The van der Waals surface area contributed by atoms with Crippen LogP contribution in [0.15, 0.2) is 12.1 Å². The first-order valence-corrected chi connectivity index (χ1v) is 10.4. The van der Waals surface area contributed by atoms with Crippen LogP contribution in [-0.2, 0) is 4.79 Å². The molecule has 0 unspecified atom stereocenters. The summed E-state index contributed by atoms with van der Waals surface area (Å²) >= 11 is 0. The first kappa shape index (κ1) is 21.3. The molecular weight excluding hydrogens is 375 g/mol. The molecule has 0 radical (unpaired) electrons. The largest absolute Gasteiger partial charge is 0.366 e. The van der Waals surface area contributed by atoms with Crippen LogP contribution in [0, 0.1) is 21.3 Å². The number of amides is 1. The Morgan fingerprint density at radius 1 is 1.10 bits per heavy atom. The maximum absolute atomic E-state index is 14.8. The molecule has 2 heterocycles. The van der Waals surface area contributed by atoms with Crippen molar-refractivity contribution in [2.75, 3.05) is 42.5 Å². The van der Waals surface area contributed by atoms with Gasteiger partial charge in [-0.15, -0.1) is 0 Å². The van der Waals surface area contributed by atoms with Crippen LogP contribution in [0.2, 0.25) is 0 Å². The summed E-state index contributed by atoms with van der Waals surface area (Å²) in [5.74, 6) is -0.468. The number of halogens is 1. The van der Waals surface area contributed by atoms with Gasteiger partial charge in [0.1, 0.15) is 5.69 Å². The standard InChI is InChI=1S/C21H31FN4O3/c1-15-7-5-6-8-25(15)17-14-18(19(26(28)29)13-16(17)22)23-9-11-24(12-10-23)20(27)21(2,3)4/h13-15H,5-12H2,1-4H3/t15-/m1/s1. The molecule has 0 spiro atoms. The summed E-state index contributed by atoms with van der Waals surface area (Å²) < 4.78 is 14.8. The van der Waals surface area contributed by atoms with E-state index < -0.39 is 16.2 Å². The number of rotatable bonds is 3. The molecule has 0 N–H and O–H groups in total. The van der Waals surface area contributed by atoms with Crippen LogP contribution in [0.3, 0.4) is 0 Å². The maximum atomic E-state index is 14.8. The van der Waals surface area contributed by atoms with Gasteiger partial charge in [0.05, 0.1) is 16.7 Å². The summed E-state index contributed by atoms with van der Waals surface area (Å²) in [6.07, 6.45) is 3.09. The second-order valence-electron chi connectivity index (χ2n) is 9.12. The van der Waals surface area contributed by atoms with Gasteiger partial charge in [-0.3, -0.25) is 14.9 Å². The number of nitro benzene ring substituents is 1. The molecule has 2 saturated heterocycles. The van der Waals surface area contributed by atoms with E-state index in [4.69, 9.17) is 0 Å². The molecule has 1 aromatic carbocycles. The SMILES string of the molecule is C[C@@H]1CCCCN1c1cc(N2CCN(C(=O)C(C)(C)C)CC2)c([N+](=O)[O-])cc1F. The lowest BCUT2D eigenvalue weighted by atomic mass is 9.94. The van der Waals surface area contributed by atoms with E-state index in [0.717, 1.165) is 31.9 Å². The average Bonchev–Trinajstić information content (AvgIpc) is 2.67. The molecule has 2 aliphatic heterocycles. The van der Waals surface area contributed by atoms with Gasteiger partial charge in [0, 0.05) is 44.2 Å². The van der Waals surface area contributed by atoms with Gasteiger partial charge in [0.2, 0.25) is 5.91 Å². The van der Waals surface area contributed by atoms with Crippen molar-refractivity contribution >= 4 is 23.0 Å². The molecule has 7 nitrogen and oxygen atoms in total. The van der Waals surface area contributed by atoms with Crippen LogP contribution in [0.25, 0.3) is 0 Å². The van der Waals surface area contributed by atoms with Gasteiger partial charge >= 0.3 is 0 Å². The fraction of sp³-hybridized carbons (Fsp3) is 0.667. The summed E-state index contributed by atoms with van der Waals surface area (Å²) in [6.45, 7) is 10.5. The van der Waals surface area contributed by atoms with Crippen molar-refractivity contribution in [3.63, 3.8) is 0 Å². The number of hydrogen-bond donors (Lipinski definition) is 0. The zero-order valence-electron chi connectivity index (χ0n) is 17.8. The molecule has 0 aliphatic carbocycles. The molecule has 160 valence electrons. The van der Waals surface area contributed by atoms with E-state index in [0.29, 0.717) is 37.6 Å². The number of hydrogen-bond acceptors (Lipinski definition) is 5. The summed E-state index contributed by atoms with van der Waals surface area (Å²) in [5.41, 5.74) is 0.200. The molecule has 8 heteroatoms. The van der Waals surface area contributed by atoms with Crippen LogP contribution >= 0.6 is 0 Å². The van der Waals surface area contributed by atoms with Gasteiger partial charge in [-0.1, -0.05) is 20.8 Å². The molecule has 2 fully saturated rings. The molecule has 0 aromatic heterocycles. The Morgan fingerprint density at radius 3 is 2.31 bits per heavy atom. The van der Waals surface area contributed by atoms with Crippen molar-refractivity contribution in [2.24, 2.45) is 5.41 Å². The normalized spacial score (nSPS) is 20.7. The lowest BCUT2D eigenvalue weighted by Crippen LogP contribution is -2.51. The van der Waals surface area contributed by atoms with Crippen molar-refractivity contribution < 1.29 is 14.1 Å². The average molecular weight is 407 g/mol. The molecule has 0 saturated carbocycles. The first-order chi connectivity index (χ1) is 13.6. The minimum absolute atomic E-state index is 0.0774. The second-order valence-corrected chi connectivity index (χ2v) is 9.12. The number of carbonyl (C=O) groups is 1. The number of anilines is 2. The van der Waals surface area contributed by atoms with Crippen LogP contribution in [0.5, 0.6) is 0 Å². The third kappa shape index (κ3) is 4.46. The Morgan fingerprint density at radius 2 is 1.76 bits per heavy atom. The monoisotopic (exact) mass is 406 g/mol. The Bertz CT molecular complexity index is 785. The van der Waals surface area contributed by atoms with Gasteiger partial charge in [-0.25, -0.2) is 4.39 Å². The lowest BCUT2D eigenvalue weighted by molar-refractivity contribution is -0.384. The highest BCUT2D eigenvalue weighted by Crippen LogP contribution is 2.37.